The Labute approximate surface area is 128 Å². The summed E-state index contributed by atoms with van der Waals surface area (Å²) in [5, 5.41) is 11.4. The molecule has 0 saturated carbocycles. The predicted molar refractivity (Wildman–Crippen MR) is 74.2 cm³/mol. The van der Waals surface area contributed by atoms with E-state index in [2.05, 4.69) is 21.2 Å². The van der Waals surface area contributed by atoms with Crippen molar-refractivity contribution in [1.82, 2.24) is 10.2 Å². The van der Waals surface area contributed by atoms with Crippen molar-refractivity contribution in [2.75, 3.05) is 13.1 Å². The second-order valence-corrected chi connectivity index (χ2v) is 5.30. The number of hydrogen-bond acceptors (Lipinski definition) is 3. The van der Waals surface area contributed by atoms with Crippen LogP contribution in [0.5, 0.6) is 0 Å². The molecule has 0 radical (unpaired) electrons. The summed E-state index contributed by atoms with van der Waals surface area (Å²) < 4.78 is 13.5. The first-order valence-corrected chi connectivity index (χ1v) is 6.95. The van der Waals surface area contributed by atoms with Crippen LogP contribution in [0.2, 0.25) is 0 Å². The summed E-state index contributed by atoms with van der Waals surface area (Å²) in [6.07, 6.45) is -0.496. The third-order valence-electron chi connectivity index (χ3n) is 3.14. The highest BCUT2D eigenvalue weighted by atomic mass is 79.9. The molecule has 2 amide bonds. The molecular formula is C13H12BrFN2O4. The van der Waals surface area contributed by atoms with Gasteiger partial charge in [-0.05, 0) is 28.1 Å². The van der Waals surface area contributed by atoms with Gasteiger partial charge in [0.15, 0.2) is 0 Å². The highest BCUT2D eigenvalue weighted by Crippen LogP contribution is 2.23. The van der Waals surface area contributed by atoms with E-state index in [-0.39, 0.29) is 23.1 Å². The summed E-state index contributed by atoms with van der Waals surface area (Å²) in [6, 6.07) is 2.89. The summed E-state index contributed by atoms with van der Waals surface area (Å²) >= 11 is 2.99. The fraction of sp³-hybridized carbons (Fsp3) is 0.308. The molecule has 0 spiro atoms. The SMILES string of the molecule is O=C(O)CC1C(=O)NCCN1C(=O)c1cccc(F)c1Br. The molecular weight excluding hydrogens is 347 g/mol. The van der Waals surface area contributed by atoms with Gasteiger partial charge in [0.05, 0.1) is 16.5 Å². The molecule has 1 atom stereocenters. The van der Waals surface area contributed by atoms with Gasteiger partial charge in [-0.2, -0.15) is 0 Å². The smallest absolute Gasteiger partial charge is 0.305 e. The zero-order valence-corrected chi connectivity index (χ0v) is 12.4. The maximum Gasteiger partial charge on any atom is 0.305 e. The third-order valence-corrected chi connectivity index (χ3v) is 3.95. The number of amides is 2. The molecule has 1 aromatic rings. The number of carbonyl (C=O) groups excluding carboxylic acids is 2. The number of halogens is 2. The van der Waals surface area contributed by atoms with E-state index in [0.29, 0.717) is 0 Å². The first kappa shape index (κ1) is 15.4. The molecule has 8 heteroatoms. The van der Waals surface area contributed by atoms with Crippen LogP contribution in [-0.2, 0) is 9.59 Å². The van der Waals surface area contributed by atoms with E-state index >= 15 is 0 Å². The second-order valence-electron chi connectivity index (χ2n) is 4.50. The summed E-state index contributed by atoms with van der Waals surface area (Å²) in [5.41, 5.74) is 0.0556. The number of carboxylic acid groups (broad SMARTS) is 1. The third kappa shape index (κ3) is 3.21. The highest BCUT2D eigenvalue weighted by molar-refractivity contribution is 9.10. The maximum atomic E-state index is 13.5. The van der Waals surface area contributed by atoms with Crippen LogP contribution in [0.15, 0.2) is 22.7 Å². The molecule has 1 fully saturated rings. The Kier molecular flexibility index (Phi) is 4.56. The molecule has 1 saturated heterocycles. The Hall–Kier alpha value is -1.96. The minimum absolute atomic E-state index is 0.00458. The van der Waals surface area contributed by atoms with E-state index in [9.17, 15) is 18.8 Å². The van der Waals surface area contributed by atoms with Crippen molar-refractivity contribution < 1.29 is 23.9 Å². The van der Waals surface area contributed by atoms with Crippen molar-refractivity contribution in [1.29, 1.82) is 0 Å². The van der Waals surface area contributed by atoms with Crippen LogP contribution in [0.25, 0.3) is 0 Å². The molecule has 1 unspecified atom stereocenters. The number of piperazine rings is 1. The lowest BCUT2D eigenvalue weighted by atomic mass is 10.1. The van der Waals surface area contributed by atoms with Gasteiger partial charge in [0.25, 0.3) is 5.91 Å². The van der Waals surface area contributed by atoms with Gasteiger partial charge in [0.2, 0.25) is 5.91 Å². The van der Waals surface area contributed by atoms with Crippen molar-refractivity contribution in [2.45, 2.75) is 12.5 Å². The van der Waals surface area contributed by atoms with E-state index in [1.165, 1.54) is 18.2 Å². The molecule has 1 aliphatic heterocycles. The van der Waals surface area contributed by atoms with Crippen molar-refractivity contribution in [2.24, 2.45) is 0 Å². The highest BCUT2D eigenvalue weighted by Gasteiger charge is 2.35. The molecule has 2 rings (SSSR count). The Balaban J connectivity index is 2.32. The average molecular weight is 359 g/mol. The number of aliphatic carboxylic acids is 1. The molecule has 0 bridgehead atoms. The molecule has 1 aliphatic rings. The van der Waals surface area contributed by atoms with Gasteiger partial charge in [-0.25, -0.2) is 4.39 Å². The number of nitrogens with zero attached hydrogens (tertiary/aromatic N) is 1. The first-order valence-electron chi connectivity index (χ1n) is 6.16. The Bertz CT molecular complexity index is 608. The number of hydrogen-bond donors (Lipinski definition) is 2. The fourth-order valence-electron chi connectivity index (χ4n) is 2.15. The molecule has 1 aromatic carbocycles. The van der Waals surface area contributed by atoms with Crippen molar-refractivity contribution in [3.63, 3.8) is 0 Å². The molecule has 6 nitrogen and oxygen atoms in total. The normalized spacial score (nSPS) is 18.3. The standard InChI is InChI=1S/C13H12BrFN2O4/c14-11-7(2-1-3-8(11)15)13(21)17-5-4-16-12(20)9(17)6-10(18)19/h1-3,9H,4-6H2,(H,16,20)(H,18,19). The molecule has 1 heterocycles. The molecule has 2 N–H and O–H groups in total. The number of nitrogens with one attached hydrogen (secondary N) is 1. The molecule has 0 aliphatic carbocycles. The number of benzene rings is 1. The van der Waals surface area contributed by atoms with E-state index in [0.717, 1.165) is 4.90 Å². The molecule has 0 aromatic heterocycles. The average Bonchev–Trinajstić information content (AvgIpc) is 2.43. The summed E-state index contributed by atoms with van der Waals surface area (Å²) in [6.45, 7) is 0.402. The lowest BCUT2D eigenvalue weighted by Crippen LogP contribution is -2.57. The number of carbonyl (C=O) groups is 3. The van der Waals surface area contributed by atoms with Gasteiger partial charge in [-0.15, -0.1) is 0 Å². The minimum atomic E-state index is -1.19. The van der Waals surface area contributed by atoms with Crippen LogP contribution in [0.1, 0.15) is 16.8 Å². The van der Waals surface area contributed by atoms with Crippen LogP contribution in [0.4, 0.5) is 4.39 Å². The van der Waals surface area contributed by atoms with Gasteiger partial charge < -0.3 is 15.3 Å². The maximum absolute atomic E-state index is 13.5. The van der Waals surface area contributed by atoms with E-state index in [4.69, 9.17) is 5.11 Å². The van der Waals surface area contributed by atoms with Crippen LogP contribution < -0.4 is 5.32 Å². The monoisotopic (exact) mass is 358 g/mol. The van der Waals surface area contributed by atoms with Crippen molar-refractivity contribution >= 4 is 33.7 Å². The zero-order valence-electron chi connectivity index (χ0n) is 10.8. The van der Waals surface area contributed by atoms with Crippen molar-refractivity contribution in [3.8, 4) is 0 Å². The molecule has 21 heavy (non-hydrogen) atoms. The van der Waals surface area contributed by atoms with Crippen LogP contribution in [0.3, 0.4) is 0 Å². The topological polar surface area (TPSA) is 86.7 Å². The lowest BCUT2D eigenvalue weighted by Gasteiger charge is -2.34. The van der Waals surface area contributed by atoms with Gasteiger partial charge in [-0.3, -0.25) is 14.4 Å². The van der Waals surface area contributed by atoms with Gasteiger partial charge in [-0.1, -0.05) is 6.07 Å². The Morgan fingerprint density at radius 3 is 2.86 bits per heavy atom. The second kappa shape index (κ2) is 6.21. The van der Waals surface area contributed by atoms with Gasteiger partial charge in [0.1, 0.15) is 11.9 Å². The number of carboxylic acids is 1. The van der Waals surface area contributed by atoms with Crippen LogP contribution in [0, 0.1) is 5.82 Å². The fourth-order valence-corrected chi connectivity index (χ4v) is 2.58. The molecule has 112 valence electrons. The van der Waals surface area contributed by atoms with E-state index in [1.54, 1.807) is 0 Å². The first-order chi connectivity index (χ1) is 9.91. The zero-order chi connectivity index (χ0) is 15.6. The Morgan fingerprint density at radius 2 is 2.19 bits per heavy atom. The van der Waals surface area contributed by atoms with Crippen molar-refractivity contribution in [3.05, 3.63) is 34.1 Å². The lowest BCUT2D eigenvalue weighted by molar-refractivity contribution is -0.142. The predicted octanol–water partition coefficient (Wildman–Crippen LogP) is 1.00. The summed E-state index contributed by atoms with van der Waals surface area (Å²) in [4.78, 5) is 36.3. The van der Waals surface area contributed by atoms with Gasteiger partial charge in [0, 0.05) is 13.1 Å². The number of rotatable bonds is 3. The minimum Gasteiger partial charge on any atom is -0.481 e. The largest absolute Gasteiger partial charge is 0.481 e. The van der Waals surface area contributed by atoms with Gasteiger partial charge >= 0.3 is 5.97 Å². The van der Waals surface area contributed by atoms with E-state index in [1.807, 2.05) is 0 Å². The Morgan fingerprint density at radius 1 is 1.48 bits per heavy atom. The van der Waals surface area contributed by atoms with Crippen LogP contribution >= 0.6 is 15.9 Å². The summed E-state index contributed by atoms with van der Waals surface area (Å²) in [5.74, 6) is -2.89. The van der Waals surface area contributed by atoms with Crippen LogP contribution in [-0.4, -0.2) is 46.9 Å². The summed E-state index contributed by atoms with van der Waals surface area (Å²) in [7, 11) is 0. The van der Waals surface area contributed by atoms with E-state index < -0.39 is 36.1 Å². The quantitative estimate of drug-likeness (QED) is 0.843.